The zero-order chi connectivity index (χ0) is 33.0. The van der Waals surface area contributed by atoms with E-state index in [9.17, 15) is 19.4 Å². The number of aliphatic imine (C=N–C) groups is 2. The monoisotopic (exact) mass is 627 g/mol. The number of fused-ring (bicyclic) bond motifs is 1. The predicted molar refractivity (Wildman–Crippen MR) is 170 cm³/mol. The van der Waals surface area contributed by atoms with Crippen LogP contribution in [0.3, 0.4) is 0 Å². The molecule has 1 unspecified atom stereocenters. The Bertz CT molecular complexity index is 1870. The number of aliphatic hydroxyl groups excluding tert-OH is 1. The van der Waals surface area contributed by atoms with Gasteiger partial charge in [-0.3, -0.25) is 9.98 Å². The molecule has 1 saturated heterocycles. The second-order valence-corrected chi connectivity index (χ2v) is 10.5. The smallest absolute Gasteiger partial charge is 0.410 e. The number of amides is 1. The molecule has 4 aromatic rings. The van der Waals surface area contributed by atoms with Crippen LogP contribution in [-0.4, -0.2) is 83.2 Å². The number of carbonyl (C=O) groups is 1. The van der Waals surface area contributed by atoms with Crippen molar-refractivity contribution in [3.63, 3.8) is 0 Å². The SMILES string of the molecule is C#Cc1c(F)ccc2cc(O)cc(-c3ncc(/C(=N\CO)N4CCN(C(=O)OCc5ccc(OC)cc5)C(C)C4)c(N=C)c3F)c12. The summed E-state index contributed by atoms with van der Waals surface area (Å²) < 4.78 is 41.6. The number of amidine groups is 1. The van der Waals surface area contributed by atoms with E-state index in [4.69, 9.17) is 15.9 Å². The summed E-state index contributed by atoms with van der Waals surface area (Å²) in [5.41, 5.74) is 0.437. The van der Waals surface area contributed by atoms with E-state index in [1.807, 2.05) is 19.1 Å². The molecule has 46 heavy (non-hydrogen) atoms. The number of phenols is 1. The average molecular weight is 628 g/mol. The molecule has 236 valence electrons. The van der Waals surface area contributed by atoms with Crippen LogP contribution in [0.25, 0.3) is 22.0 Å². The summed E-state index contributed by atoms with van der Waals surface area (Å²) in [4.78, 5) is 28.8. The second-order valence-electron chi connectivity index (χ2n) is 10.5. The minimum Gasteiger partial charge on any atom is -0.508 e. The zero-order valence-electron chi connectivity index (χ0n) is 25.2. The Morgan fingerprint density at radius 2 is 1.96 bits per heavy atom. The fourth-order valence-corrected chi connectivity index (χ4v) is 5.53. The van der Waals surface area contributed by atoms with Crippen LogP contribution in [0.15, 0.2) is 64.7 Å². The standard InChI is InChI=1S/C34H31F2N5O5/c1-5-25-28(35)11-8-22-14-23(43)15-26(29(22)25)32-30(36)31(37-3)27(16-38-32)33(39-19-42)40-12-13-41(20(2)17-40)34(44)46-18-21-6-9-24(45-4)10-7-21/h1,6-11,14-16,20,42-43H,3,12-13,17-19H2,2,4H3/b39-33+. The number of aromatic nitrogens is 1. The Morgan fingerprint density at radius 1 is 1.20 bits per heavy atom. The molecule has 1 aliphatic heterocycles. The summed E-state index contributed by atoms with van der Waals surface area (Å²) in [6, 6.07) is 12.1. The van der Waals surface area contributed by atoms with Gasteiger partial charge < -0.3 is 29.5 Å². The number of piperazine rings is 1. The predicted octanol–water partition coefficient (Wildman–Crippen LogP) is 5.25. The molecule has 12 heteroatoms. The molecule has 0 spiro atoms. The number of halogens is 2. The van der Waals surface area contributed by atoms with Gasteiger partial charge in [0.2, 0.25) is 0 Å². The summed E-state index contributed by atoms with van der Waals surface area (Å²) in [6.07, 6.45) is 6.42. The first-order valence-electron chi connectivity index (χ1n) is 14.2. The number of ether oxygens (including phenoxy) is 2. The first kappa shape index (κ1) is 31.9. The number of phenolic OH excluding ortho intramolecular Hbond substituents is 1. The number of terminal acetylenes is 1. The van der Waals surface area contributed by atoms with Crippen LogP contribution in [0.5, 0.6) is 11.5 Å². The quantitative estimate of drug-likeness (QED) is 0.163. The summed E-state index contributed by atoms with van der Waals surface area (Å²) in [6.45, 7) is 5.66. The first-order chi connectivity index (χ1) is 22.2. The molecule has 0 aliphatic carbocycles. The molecule has 2 heterocycles. The summed E-state index contributed by atoms with van der Waals surface area (Å²) in [5.74, 6) is 1.39. The molecule has 3 aromatic carbocycles. The maximum Gasteiger partial charge on any atom is 0.410 e. The molecule has 1 fully saturated rings. The van der Waals surface area contributed by atoms with E-state index in [0.29, 0.717) is 11.1 Å². The van der Waals surface area contributed by atoms with E-state index in [-0.39, 0.29) is 77.3 Å². The molecule has 1 aliphatic rings. The van der Waals surface area contributed by atoms with Crippen molar-refractivity contribution in [1.82, 2.24) is 14.8 Å². The maximum atomic E-state index is 16.3. The van der Waals surface area contributed by atoms with Crippen molar-refractivity contribution in [1.29, 1.82) is 0 Å². The van der Waals surface area contributed by atoms with E-state index in [1.54, 1.807) is 29.0 Å². The molecule has 0 radical (unpaired) electrons. The Labute approximate surface area is 264 Å². The number of aliphatic hydroxyl groups is 1. The lowest BCUT2D eigenvalue weighted by Gasteiger charge is -2.40. The molecular weight excluding hydrogens is 596 g/mol. The third-order valence-corrected chi connectivity index (χ3v) is 7.75. The van der Waals surface area contributed by atoms with Gasteiger partial charge >= 0.3 is 6.09 Å². The van der Waals surface area contributed by atoms with Crippen LogP contribution in [0.1, 0.15) is 23.6 Å². The van der Waals surface area contributed by atoms with Gasteiger partial charge in [0, 0.05) is 42.8 Å². The number of rotatable bonds is 7. The van der Waals surface area contributed by atoms with Crippen LogP contribution >= 0.6 is 0 Å². The third kappa shape index (κ3) is 6.18. The highest BCUT2D eigenvalue weighted by Crippen LogP contribution is 2.39. The number of methoxy groups -OCH3 is 1. The Hall–Kier alpha value is -5.54. The number of aromatic hydroxyl groups is 1. The van der Waals surface area contributed by atoms with Gasteiger partial charge in [0.05, 0.1) is 18.2 Å². The summed E-state index contributed by atoms with van der Waals surface area (Å²) in [7, 11) is 1.57. The normalized spacial score (nSPS) is 15.0. The van der Waals surface area contributed by atoms with Crippen molar-refractivity contribution in [2.45, 2.75) is 19.6 Å². The topological polar surface area (TPSA) is 120 Å². The van der Waals surface area contributed by atoms with Crippen molar-refractivity contribution in [2.24, 2.45) is 9.98 Å². The largest absolute Gasteiger partial charge is 0.508 e. The van der Waals surface area contributed by atoms with Gasteiger partial charge in [0.15, 0.2) is 5.82 Å². The maximum absolute atomic E-state index is 16.3. The first-order valence-corrected chi connectivity index (χ1v) is 14.2. The van der Waals surface area contributed by atoms with E-state index in [2.05, 4.69) is 27.6 Å². The molecule has 0 saturated carbocycles. The van der Waals surface area contributed by atoms with Crippen LogP contribution in [0.4, 0.5) is 19.3 Å². The van der Waals surface area contributed by atoms with Crippen LogP contribution in [-0.2, 0) is 11.3 Å². The second kappa shape index (κ2) is 13.6. The minimum absolute atomic E-state index is 0.0624. The Kier molecular flexibility index (Phi) is 9.44. The average Bonchev–Trinajstić information content (AvgIpc) is 3.06. The van der Waals surface area contributed by atoms with Crippen molar-refractivity contribution in [3.8, 4) is 35.1 Å². The van der Waals surface area contributed by atoms with E-state index in [0.717, 1.165) is 5.56 Å². The van der Waals surface area contributed by atoms with Gasteiger partial charge in [-0.05, 0) is 54.9 Å². The zero-order valence-corrected chi connectivity index (χ0v) is 25.2. The Morgan fingerprint density at radius 3 is 2.61 bits per heavy atom. The molecule has 1 atom stereocenters. The fraction of sp³-hybridized carbons (Fsp3) is 0.235. The summed E-state index contributed by atoms with van der Waals surface area (Å²) in [5, 5.41) is 20.8. The number of hydrogen-bond donors (Lipinski definition) is 2. The van der Waals surface area contributed by atoms with Crippen LogP contribution < -0.4 is 4.74 Å². The highest BCUT2D eigenvalue weighted by atomic mass is 19.1. The molecule has 10 nitrogen and oxygen atoms in total. The summed E-state index contributed by atoms with van der Waals surface area (Å²) >= 11 is 0. The van der Waals surface area contributed by atoms with E-state index in [1.165, 1.54) is 30.5 Å². The fourth-order valence-electron chi connectivity index (χ4n) is 5.53. The molecule has 1 amide bonds. The highest BCUT2D eigenvalue weighted by Gasteiger charge is 2.32. The molecule has 1 aromatic heterocycles. The lowest BCUT2D eigenvalue weighted by Crippen LogP contribution is -2.55. The number of nitrogens with zero attached hydrogens (tertiary/aromatic N) is 5. The minimum atomic E-state index is -0.911. The number of hydrogen-bond acceptors (Lipinski definition) is 8. The number of benzene rings is 3. The number of pyridine rings is 1. The van der Waals surface area contributed by atoms with Crippen molar-refractivity contribution in [3.05, 3.63) is 83.1 Å². The van der Waals surface area contributed by atoms with Crippen LogP contribution in [0, 0.1) is 24.0 Å². The van der Waals surface area contributed by atoms with Gasteiger partial charge in [-0.2, -0.15) is 0 Å². The molecular formula is C34H31F2N5O5. The van der Waals surface area contributed by atoms with Gasteiger partial charge in [0.25, 0.3) is 0 Å². The van der Waals surface area contributed by atoms with E-state index >= 15 is 4.39 Å². The highest BCUT2D eigenvalue weighted by molar-refractivity contribution is 6.05. The Balaban J connectivity index is 1.42. The third-order valence-electron chi connectivity index (χ3n) is 7.75. The van der Waals surface area contributed by atoms with Crippen molar-refractivity contribution in [2.75, 3.05) is 33.5 Å². The van der Waals surface area contributed by atoms with Gasteiger partial charge in [-0.25, -0.2) is 18.6 Å². The van der Waals surface area contributed by atoms with Gasteiger partial charge in [0.1, 0.15) is 47.9 Å². The number of carbonyl (C=O) groups excluding carboxylic acids is 1. The van der Waals surface area contributed by atoms with Crippen molar-refractivity contribution >= 4 is 35.1 Å². The lowest BCUT2D eigenvalue weighted by molar-refractivity contribution is 0.0622. The van der Waals surface area contributed by atoms with E-state index < -0.39 is 24.5 Å². The van der Waals surface area contributed by atoms with Crippen molar-refractivity contribution < 1.29 is 33.3 Å². The lowest BCUT2D eigenvalue weighted by atomic mass is 9.95. The van der Waals surface area contributed by atoms with Crippen LogP contribution in [0.2, 0.25) is 0 Å². The molecule has 5 rings (SSSR count). The van der Waals surface area contributed by atoms with Gasteiger partial charge in [-0.15, -0.1) is 6.42 Å². The molecule has 0 bridgehead atoms. The van der Waals surface area contributed by atoms with Gasteiger partial charge in [-0.1, -0.05) is 24.1 Å². The molecule has 2 N–H and O–H groups in total.